The van der Waals surface area contributed by atoms with Gasteiger partial charge >= 0.3 is 0 Å². The molecule has 20 heavy (non-hydrogen) atoms. The van der Waals surface area contributed by atoms with Crippen molar-refractivity contribution < 1.29 is 4.74 Å². The molecule has 0 aliphatic carbocycles. The summed E-state index contributed by atoms with van der Waals surface area (Å²) in [6.07, 6.45) is 2.67. The molecule has 1 aliphatic heterocycles. The molecule has 0 saturated carbocycles. The zero-order valence-corrected chi connectivity index (χ0v) is 14.1. The van der Waals surface area contributed by atoms with Gasteiger partial charge in [-0.25, -0.2) is 0 Å². The number of rotatable bonds is 7. The maximum absolute atomic E-state index is 5.53. The van der Waals surface area contributed by atoms with Crippen molar-refractivity contribution >= 4 is 15.9 Å². The summed E-state index contributed by atoms with van der Waals surface area (Å²) in [5.41, 5.74) is 1.29. The van der Waals surface area contributed by atoms with Gasteiger partial charge < -0.3 is 10.1 Å². The largest absolute Gasteiger partial charge is 0.493 e. The van der Waals surface area contributed by atoms with E-state index in [0.717, 1.165) is 23.3 Å². The Morgan fingerprint density at radius 2 is 2.25 bits per heavy atom. The Hall–Kier alpha value is -0.580. The van der Waals surface area contributed by atoms with Crippen molar-refractivity contribution in [2.45, 2.75) is 39.3 Å². The van der Waals surface area contributed by atoms with Crippen LogP contribution in [0.15, 0.2) is 22.7 Å². The van der Waals surface area contributed by atoms with Crippen molar-refractivity contribution in [1.29, 1.82) is 0 Å². The Morgan fingerprint density at radius 3 is 2.95 bits per heavy atom. The Labute approximate surface area is 130 Å². The van der Waals surface area contributed by atoms with Crippen LogP contribution in [0.3, 0.4) is 0 Å². The number of benzene rings is 1. The zero-order valence-electron chi connectivity index (χ0n) is 12.5. The van der Waals surface area contributed by atoms with Crippen molar-refractivity contribution in [2.75, 3.05) is 26.2 Å². The van der Waals surface area contributed by atoms with Crippen LogP contribution in [-0.4, -0.2) is 37.2 Å². The minimum Gasteiger partial charge on any atom is -0.493 e. The highest BCUT2D eigenvalue weighted by atomic mass is 79.9. The predicted octanol–water partition coefficient (Wildman–Crippen LogP) is 3.42. The van der Waals surface area contributed by atoms with Gasteiger partial charge in [-0.1, -0.05) is 13.0 Å². The summed E-state index contributed by atoms with van der Waals surface area (Å²) in [7, 11) is 0. The number of hydrogen-bond acceptors (Lipinski definition) is 3. The van der Waals surface area contributed by atoms with Crippen molar-refractivity contribution in [1.82, 2.24) is 10.2 Å². The summed E-state index contributed by atoms with van der Waals surface area (Å²) in [5.74, 6) is 0.921. The second kappa shape index (κ2) is 8.01. The molecule has 4 heteroatoms. The fraction of sp³-hybridized carbons (Fsp3) is 0.625. The van der Waals surface area contributed by atoms with E-state index in [2.05, 4.69) is 45.2 Å². The van der Waals surface area contributed by atoms with Crippen LogP contribution in [0.25, 0.3) is 0 Å². The highest BCUT2D eigenvalue weighted by molar-refractivity contribution is 9.10. The SMILES string of the molecule is CCOc1ccc(CNC[C@H]2CCCN2CC)cc1Br. The number of hydrogen-bond donors (Lipinski definition) is 1. The number of nitrogens with zero attached hydrogens (tertiary/aromatic N) is 1. The van der Waals surface area contributed by atoms with Crippen molar-refractivity contribution in [3.63, 3.8) is 0 Å². The van der Waals surface area contributed by atoms with E-state index in [4.69, 9.17) is 4.74 Å². The Morgan fingerprint density at radius 1 is 1.40 bits per heavy atom. The molecule has 1 aromatic carbocycles. The molecule has 3 nitrogen and oxygen atoms in total. The van der Waals surface area contributed by atoms with Crippen LogP contribution in [0, 0.1) is 0 Å². The quantitative estimate of drug-likeness (QED) is 0.822. The smallest absolute Gasteiger partial charge is 0.133 e. The zero-order chi connectivity index (χ0) is 14.4. The van der Waals surface area contributed by atoms with E-state index >= 15 is 0 Å². The van der Waals surface area contributed by atoms with Crippen LogP contribution in [0.4, 0.5) is 0 Å². The van der Waals surface area contributed by atoms with Crippen LogP contribution in [0.5, 0.6) is 5.75 Å². The minimum absolute atomic E-state index is 0.699. The summed E-state index contributed by atoms with van der Waals surface area (Å²) in [5, 5.41) is 3.58. The monoisotopic (exact) mass is 340 g/mol. The Balaban J connectivity index is 1.80. The molecular weight excluding hydrogens is 316 g/mol. The molecular formula is C16H25BrN2O. The van der Waals surface area contributed by atoms with E-state index in [0.29, 0.717) is 12.6 Å². The molecule has 1 atom stereocenters. The molecule has 1 aliphatic rings. The average Bonchev–Trinajstić information content (AvgIpc) is 2.89. The molecule has 0 amide bonds. The summed E-state index contributed by atoms with van der Waals surface area (Å²) >= 11 is 3.57. The average molecular weight is 341 g/mol. The third-order valence-corrected chi connectivity index (χ3v) is 4.53. The molecule has 1 N–H and O–H groups in total. The van der Waals surface area contributed by atoms with E-state index in [1.54, 1.807) is 0 Å². The Bertz CT molecular complexity index is 425. The van der Waals surface area contributed by atoms with Crippen LogP contribution < -0.4 is 10.1 Å². The standard InChI is InChI=1S/C16H25BrN2O/c1-3-19-9-5-6-14(19)12-18-11-13-7-8-16(20-4-2)15(17)10-13/h7-8,10,14,18H,3-6,9,11-12H2,1-2H3/t14-/m1/s1. The lowest BCUT2D eigenvalue weighted by Gasteiger charge is -2.23. The van der Waals surface area contributed by atoms with Gasteiger partial charge in [0, 0.05) is 19.1 Å². The lowest BCUT2D eigenvalue weighted by atomic mass is 10.2. The minimum atomic E-state index is 0.699. The summed E-state index contributed by atoms with van der Waals surface area (Å²) in [6, 6.07) is 7.03. The first kappa shape index (κ1) is 15.8. The number of halogens is 1. The third kappa shape index (κ3) is 4.21. The van der Waals surface area contributed by atoms with E-state index in [9.17, 15) is 0 Å². The number of likely N-dealkylation sites (tertiary alicyclic amines) is 1. The molecule has 1 saturated heterocycles. The highest BCUT2D eigenvalue weighted by Crippen LogP contribution is 2.26. The van der Waals surface area contributed by atoms with Gasteiger partial charge in [-0.15, -0.1) is 0 Å². The molecule has 112 valence electrons. The van der Waals surface area contributed by atoms with Crippen LogP contribution in [-0.2, 0) is 6.54 Å². The van der Waals surface area contributed by atoms with Gasteiger partial charge in [0.2, 0.25) is 0 Å². The molecule has 0 aromatic heterocycles. The maximum Gasteiger partial charge on any atom is 0.133 e. The Kier molecular flexibility index (Phi) is 6.33. The van der Waals surface area contributed by atoms with Gasteiger partial charge in [-0.2, -0.15) is 0 Å². The molecule has 0 unspecified atom stereocenters. The van der Waals surface area contributed by atoms with Gasteiger partial charge in [0.15, 0.2) is 0 Å². The summed E-state index contributed by atoms with van der Waals surface area (Å²) in [4.78, 5) is 2.57. The van der Waals surface area contributed by atoms with Gasteiger partial charge in [0.1, 0.15) is 5.75 Å². The second-order valence-electron chi connectivity index (χ2n) is 5.25. The normalized spacial score (nSPS) is 19.4. The lowest BCUT2D eigenvalue weighted by molar-refractivity contribution is 0.260. The number of ether oxygens (including phenoxy) is 1. The molecule has 1 aromatic rings. The van der Waals surface area contributed by atoms with Crippen LogP contribution in [0.2, 0.25) is 0 Å². The van der Waals surface area contributed by atoms with Crippen molar-refractivity contribution in [3.05, 3.63) is 28.2 Å². The molecule has 1 heterocycles. The van der Waals surface area contributed by atoms with Gasteiger partial charge in [0.25, 0.3) is 0 Å². The predicted molar refractivity (Wildman–Crippen MR) is 87.3 cm³/mol. The number of nitrogens with one attached hydrogen (secondary N) is 1. The molecule has 0 radical (unpaired) electrons. The van der Waals surface area contributed by atoms with E-state index in [1.165, 1.54) is 31.5 Å². The van der Waals surface area contributed by atoms with Crippen molar-refractivity contribution in [3.8, 4) is 5.75 Å². The molecule has 0 bridgehead atoms. The first-order chi connectivity index (χ1) is 9.74. The lowest BCUT2D eigenvalue weighted by Crippen LogP contribution is -2.37. The summed E-state index contributed by atoms with van der Waals surface area (Å²) < 4.78 is 6.57. The third-order valence-electron chi connectivity index (χ3n) is 3.91. The molecule has 2 rings (SSSR count). The van der Waals surface area contributed by atoms with E-state index < -0.39 is 0 Å². The fourth-order valence-electron chi connectivity index (χ4n) is 2.85. The highest BCUT2D eigenvalue weighted by Gasteiger charge is 2.21. The maximum atomic E-state index is 5.53. The van der Waals surface area contributed by atoms with Gasteiger partial charge in [-0.3, -0.25) is 4.90 Å². The second-order valence-corrected chi connectivity index (χ2v) is 6.11. The first-order valence-corrected chi connectivity index (χ1v) is 8.39. The topological polar surface area (TPSA) is 24.5 Å². The molecule has 0 spiro atoms. The van der Waals surface area contributed by atoms with Crippen molar-refractivity contribution in [2.24, 2.45) is 0 Å². The van der Waals surface area contributed by atoms with Crippen LogP contribution >= 0.6 is 15.9 Å². The van der Waals surface area contributed by atoms with E-state index in [1.807, 2.05) is 13.0 Å². The van der Waals surface area contributed by atoms with Gasteiger partial charge in [0.05, 0.1) is 11.1 Å². The van der Waals surface area contributed by atoms with Crippen LogP contribution in [0.1, 0.15) is 32.3 Å². The number of likely N-dealkylation sites (N-methyl/N-ethyl adjacent to an activating group) is 1. The first-order valence-electron chi connectivity index (χ1n) is 7.60. The fourth-order valence-corrected chi connectivity index (χ4v) is 3.39. The van der Waals surface area contributed by atoms with Gasteiger partial charge in [-0.05, 0) is 66.5 Å². The summed E-state index contributed by atoms with van der Waals surface area (Å²) in [6.45, 7) is 9.38. The molecule has 1 fully saturated rings. The van der Waals surface area contributed by atoms with E-state index in [-0.39, 0.29) is 0 Å².